The van der Waals surface area contributed by atoms with E-state index in [-0.39, 0.29) is 5.75 Å². The topological polar surface area (TPSA) is 35.2 Å². The molecule has 0 aromatic heterocycles. The van der Waals surface area contributed by atoms with E-state index in [1.807, 2.05) is 0 Å². The van der Waals surface area contributed by atoms with Gasteiger partial charge in [0.1, 0.15) is 5.75 Å². The van der Waals surface area contributed by atoms with Gasteiger partial charge in [-0.15, -0.1) is 0 Å². The number of ether oxygens (including phenoxy) is 1. The molecule has 0 aliphatic heterocycles. The van der Waals surface area contributed by atoms with Crippen LogP contribution in [0.5, 0.6) is 11.5 Å². The predicted octanol–water partition coefficient (Wildman–Crippen LogP) is 3.22. The van der Waals surface area contributed by atoms with E-state index >= 15 is 0 Å². The summed E-state index contributed by atoms with van der Waals surface area (Å²) in [5.41, 5.74) is 6.39. The highest BCUT2D eigenvalue weighted by atomic mass is 19.2. The zero-order chi connectivity index (χ0) is 12.3. The first-order valence-electron chi connectivity index (χ1n) is 5.11. The molecule has 0 saturated heterocycles. The molecule has 0 bridgehead atoms. The van der Waals surface area contributed by atoms with Gasteiger partial charge in [0.2, 0.25) is 5.82 Å². The molecule has 2 rings (SSSR count). The molecule has 88 valence electrons. The summed E-state index contributed by atoms with van der Waals surface area (Å²) in [4.78, 5) is 0. The number of rotatable bonds is 3. The van der Waals surface area contributed by atoms with Crippen molar-refractivity contribution in [2.75, 3.05) is 0 Å². The Kier molecular flexibility index (Phi) is 3.35. The van der Waals surface area contributed by atoms with Crippen molar-refractivity contribution in [2.24, 2.45) is 5.73 Å². The molecule has 0 aliphatic carbocycles. The van der Waals surface area contributed by atoms with Crippen LogP contribution >= 0.6 is 0 Å². The van der Waals surface area contributed by atoms with E-state index in [4.69, 9.17) is 10.5 Å². The molecule has 0 heterocycles. The number of hydrogen-bond donors (Lipinski definition) is 1. The average molecular weight is 235 g/mol. The first-order valence-corrected chi connectivity index (χ1v) is 5.11. The highest BCUT2D eigenvalue weighted by Crippen LogP contribution is 2.25. The molecule has 2 aromatic carbocycles. The third kappa shape index (κ3) is 2.60. The second-order valence-electron chi connectivity index (χ2n) is 3.50. The third-order valence-corrected chi connectivity index (χ3v) is 2.30. The molecular weight excluding hydrogens is 224 g/mol. The third-order valence-electron chi connectivity index (χ3n) is 2.30. The van der Waals surface area contributed by atoms with Gasteiger partial charge in [-0.05, 0) is 29.8 Å². The molecule has 0 amide bonds. The monoisotopic (exact) mass is 235 g/mol. The highest BCUT2D eigenvalue weighted by molar-refractivity contribution is 5.34. The first-order chi connectivity index (χ1) is 8.20. The molecular formula is C13H11F2NO. The van der Waals surface area contributed by atoms with Gasteiger partial charge in [-0.25, -0.2) is 4.39 Å². The quantitative estimate of drug-likeness (QED) is 0.886. The predicted molar refractivity (Wildman–Crippen MR) is 60.8 cm³/mol. The van der Waals surface area contributed by atoms with Crippen LogP contribution < -0.4 is 10.5 Å². The van der Waals surface area contributed by atoms with Crippen molar-refractivity contribution in [1.82, 2.24) is 0 Å². The lowest BCUT2D eigenvalue weighted by atomic mass is 10.2. The fraction of sp³-hybridized carbons (Fsp3) is 0.0769. The highest BCUT2D eigenvalue weighted by Gasteiger charge is 2.09. The maximum Gasteiger partial charge on any atom is 0.201 e. The lowest BCUT2D eigenvalue weighted by Gasteiger charge is -2.07. The maximum absolute atomic E-state index is 13.3. The Hall–Kier alpha value is -1.94. The van der Waals surface area contributed by atoms with Gasteiger partial charge in [0.15, 0.2) is 11.6 Å². The molecule has 2 nitrogen and oxygen atoms in total. The van der Waals surface area contributed by atoms with Crippen LogP contribution in [0, 0.1) is 11.6 Å². The van der Waals surface area contributed by atoms with Crippen LogP contribution in [-0.2, 0) is 6.54 Å². The van der Waals surface area contributed by atoms with Crippen LogP contribution in [0.25, 0.3) is 0 Å². The van der Waals surface area contributed by atoms with E-state index in [1.165, 1.54) is 12.1 Å². The van der Waals surface area contributed by atoms with Crippen molar-refractivity contribution in [1.29, 1.82) is 0 Å². The Labute approximate surface area is 97.6 Å². The minimum absolute atomic E-state index is 0.134. The van der Waals surface area contributed by atoms with E-state index < -0.39 is 11.6 Å². The van der Waals surface area contributed by atoms with Crippen LogP contribution in [0.1, 0.15) is 5.56 Å². The van der Waals surface area contributed by atoms with Crippen LogP contribution in [-0.4, -0.2) is 0 Å². The van der Waals surface area contributed by atoms with Gasteiger partial charge in [-0.1, -0.05) is 18.2 Å². The largest absolute Gasteiger partial charge is 0.454 e. The maximum atomic E-state index is 13.3. The van der Waals surface area contributed by atoms with E-state index in [1.54, 1.807) is 24.3 Å². The molecule has 0 aliphatic rings. The van der Waals surface area contributed by atoms with Gasteiger partial charge in [0.05, 0.1) is 0 Å². The van der Waals surface area contributed by atoms with Gasteiger partial charge in [-0.3, -0.25) is 0 Å². The van der Waals surface area contributed by atoms with Crippen molar-refractivity contribution in [2.45, 2.75) is 6.54 Å². The smallest absolute Gasteiger partial charge is 0.201 e. The summed E-state index contributed by atoms with van der Waals surface area (Å²) in [6, 6.07) is 10.7. The summed E-state index contributed by atoms with van der Waals surface area (Å²) in [5, 5.41) is 0. The van der Waals surface area contributed by atoms with Crippen LogP contribution in [0.2, 0.25) is 0 Å². The Morgan fingerprint density at radius 2 is 1.71 bits per heavy atom. The average Bonchev–Trinajstić information content (AvgIpc) is 2.36. The zero-order valence-corrected chi connectivity index (χ0v) is 8.99. The van der Waals surface area contributed by atoms with Crippen LogP contribution in [0.15, 0.2) is 42.5 Å². The molecule has 0 saturated carbocycles. The Balaban J connectivity index is 2.22. The van der Waals surface area contributed by atoms with Crippen LogP contribution in [0.3, 0.4) is 0 Å². The Morgan fingerprint density at radius 1 is 1.00 bits per heavy atom. The molecule has 0 fully saturated rings. The van der Waals surface area contributed by atoms with Crippen molar-refractivity contribution >= 4 is 0 Å². The molecule has 0 unspecified atom stereocenters. The number of hydrogen-bond acceptors (Lipinski definition) is 2. The Bertz CT molecular complexity index is 511. The molecule has 0 radical (unpaired) electrons. The fourth-order valence-electron chi connectivity index (χ4n) is 1.38. The number of benzene rings is 2. The minimum Gasteiger partial charge on any atom is -0.454 e. The molecule has 0 spiro atoms. The second kappa shape index (κ2) is 4.93. The van der Waals surface area contributed by atoms with Crippen molar-refractivity contribution in [3.8, 4) is 11.5 Å². The zero-order valence-electron chi connectivity index (χ0n) is 8.99. The van der Waals surface area contributed by atoms with Crippen molar-refractivity contribution < 1.29 is 13.5 Å². The number of nitrogens with two attached hydrogens (primary N) is 1. The van der Waals surface area contributed by atoms with Gasteiger partial charge < -0.3 is 10.5 Å². The van der Waals surface area contributed by atoms with Crippen molar-refractivity contribution in [3.63, 3.8) is 0 Å². The summed E-state index contributed by atoms with van der Waals surface area (Å²) in [6.07, 6.45) is 0. The molecule has 0 atom stereocenters. The lowest BCUT2D eigenvalue weighted by Crippen LogP contribution is -1.96. The Morgan fingerprint density at radius 3 is 2.35 bits per heavy atom. The number of halogens is 2. The van der Waals surface area contributed by atoms with E-state index in [0.29, 0.717) is 12.3 Å². The molecule has 2 N–H and O–H groups in total. The first kappa shape index (κ1) is 11.5. The van der Waals surface area contributed by atoms with Gasteiger partial charge in [-0.2, -0.15) is 4.39 Å². The normalized spacial score (nSPS) is 10.3. The lowest BCUT2D eigenvalue weighted by molar-refractivity contribution is 0.416. The minimum atomic E-state index is -0.990. The van der Waals surface area contributed by atoms with Crippen LogP contribution in [0.4, 0.5) is 8.78 Å². The SMILES string of the molecule is NCc1ccc(Oc2cccc(F)c2F)cc1. The summed E-state index contributed by atoms with van der Waals surface area (Å²) in [7, 11) is 0. The summed E-state index contributed by atoms with van der Waals surface area (Å²) in [6.45, 7) is 0.425. The second-order valence-corrected chi connectivity index (χ2v) is 3.50. The van der Waals surface area contributed by atoms with Crippen molar-refractivity contribution in [3.05, 3.63) is 59.7 Å². The molecule has 17 heavy (non-hydrogen) atoms. The van der Waals surface area contributed by atoms with E-state index in [0.717, 1.165) is 11.6 Å². The fourth-order valence-corrected chi connectivity index (χ4v) is 1.38. The van der Waals surface area contributed by atoms with E-state index in [9.17, 15) is 8.78 Å². The standard InChI is InChI=1S/C13H11F2NO/c14-11-2-1-3-12(13(11)15)17-10-6-4-9(8-16)5-7-10/h1-7H,8,16H2. The summed E-state index contributed by atoms with van der Waals surface area (Å²) in [5.74, 6) is -1.62. The van der Waals surface area contributed by atoms with E-state index in [2.05, 4.69) is 0 Å². The molecule has 4 heteroatoms. The summed E-state index contributed by atoms with van der Waals surface area (Å²) < 4.78 is 31.5. The van der Waals surface area contributed by atoms with Gasteiger partial charge in [0.25, 0.3) is 0 Å². The van der Waals surface area contributed by atoms with Gasteiger partial charge in [0, 0.05) is 6.54 Å². The summed E-state index contributed by atoms with van der Waals surface area (Å²) >= 11 is 0. The molecule has 2 aromatic rings. The van der Waals surface area contributed by atoms with Gasteiger partial charge >= 0.3 is 0 Å².